The lowest BCUT2D eigenvalue weighted by molar-refractivity contribution is -0.143. The molecule has 0 aromatic rings. The third-order valence-electron chi connectivity index (χ3n) is 3.83. The zero-order chi connectivity index (χ0) is 13.2. The maximum Gasteiger partial charge on any atom is 0.323 e. The molecule has 1 saturated heterocycles. The number of rotatable bonds is 4. The molecular formula is C12H20N2O3S. The Labute approximate surface area is 111 Å². The number of hydrogen-bond donors (Lipinski definition) is 2. The summed E-state index contributed by atoms with van der Waals surface area (Å²) in [6.07, 6.45) is 3.98. The second kappa shape index (κ2) is 5.48. The minimum atomic E-state index is -1.08. The molecule has 1 saturated carbocycles. The van der Waals surface area contributed by atoms with Gasteiger partial charge in [0, 0.05) is 18.3 Å². The van der Waals surface area contributed by atoms with Gasteiger partial charge < -0.3 is 15.7 Å². The third kappa shape index (κ3) is 2.98. The number of thioether (sulfide) groups is 1. The summed E-state index contributed by atoms with van der Waals surface area (Å²) in [4.78, 5) is 24.8. The molecule has 2 aliphatic rings. The van der Waals surface area contributed by atoms with Gasteiger partial charge in [0.15, 0.2) is 0 Å². The number of carboxylic acid groups (broad SMARTS) is 1. The van der Waals surface area contributed by atoms with Gasteiger partial charge in [-0.3, -0.25) is 9.59 Å². The van der Waals surface area contributed by atoms with Crippen LogP contribution in [-0.2, 0) is 9.59 Å². The molecule has 0 aromatic carbocycles. The number of nitrogens with two attached hydrogens (primary N) is 1. The minimum Gasteiger partial charge on any atom is -0.480 e. The van der Waals surface area contributed by atoms with Crippen LogP contribution in [0.4, 0.5) is 0 Å². The van der Waals surface area contributed by atoms with E-state index in [4.69, 9.17) is 10.8 Å². The Hall–Kier alpha value is -0.750. The molecule has 0 bridgehead atoms. The lowest BCUT2D eigenvalue weighted by Crippen LogP contribution is -2.45. The zero-order valence-electron chi connectivity index (χ0n) is 10.4. The highest BCUT2D eigenvalue weighted by atomic mass is 32.2. The van der Waals surface area contributed by atoms with E-state index in [2.05, 4.69) is 0 Å². The van der Waals surface area contributed by atoms with Crippen molar-refractivity contribution in [1.29, 1.82) is 0 Å². The molecule has 6 heteroatoms. The molecule has 0 aromatic heterocycles. The Morgan fingerprint density at radius 2 is 2.06 bits per heavy atom. The molecule has 0 spiro atoms. The van der Waals surface area contributed by atoms with Crippen LogP contribution in [0, 0.1) is 0 Å². The fourth-order valence-electron chi connectivity index (χ4n) is 2.61. The number of carbonyl (C=O) groups excluding carboxylic acids is 1. The van der Waals surface area contributed by atoms with Crippen LogP contribution in [0.3, 0.4) is 0 Å². The van der Waals surface area contributed by atoms with Crippen LogP contribution in [0.15, 0.2) is 0 Å². The summed E-state index contributed by atoms with van der Waals surface area (Å²) in [5, 5.41) is 9.24. The average molecular weight is 272 g/mol. The Bertz CT molecular complexity index is 344. The first kappa shape index (κ1) is 13.7. The van der Waals surface area contributed by atoms with Crippen molar-refractivity contribution < 1.29 is 14.7 Å². The number of nitrogens with zero attached hydrogens (tertiary/aromatic N) is 1. The molecule has 1 aliphatic carbocycles. The summed E-state index contributed by atoms with van der Waals surface area (Å²) < 4.78 is 0. The van der Waals surface area contributed by atoms with Gasteiger partial charge in [0.1, 0.15) is 5.54 Å². The van der Waals surface area contributed by atoms with Crippen molar-refractivity contribution in [3.8, 4) is 0 Å². The van der Waals surface area contributed by atoms with E-state index in [-0.39, 0.29) is 11.2 Å². The first-order chi connectivity index (χ1) is 8.51. The fourth-order valence-corrected chi connectivity index (χ4v) is 3.87. The standard InChI is InChI=1S/C12H20N2O3S/c13-12(11(16)17)4-3-9(7-12)18-8-10(15)14-5-1-2-6-14/h9H,1-8,13H2,(H,16,17). The lowest BCUT2D eigenvalue weighted by Gasteiger charge is -2.19. The molecule has 1 heterocycles. The molecule has 2 fully saturated rings. The maximum atomic E-state index is 11.9. The van der Waals surface area contributed by atoms with E-state index in [1.54, 1.807) is 11.8 Å². The Balaban J connectivity index is 1.75. The van der Waals surface area contributed by atoms with Gasteiger partial charge in [-0.2, -0.15) is 0 Å². The molecule has 1 amide bonds. The van der Waals surface area contributed by atoms with Gasteiger partial charge in [0.05, 0.1) is 5.75 Å². The Morgan fingerprint density at radius 1 is 1.39 bits per heavy atom. The van der Waals surface area contributed by atoms with Crippen molar-refractivity contribution in [2.75, 3.05) is 18.8 Å². The van der Waals surface area contributed by atoms with Crippen LogP contribution in [0.2, 0.25) is 0 Å². The van der Waals surface area contributed by atoms with Gasteiger partial charge in [0.2, 0.25) is 5.91 Å². The molecule has 1 aliphatic heterocycles. The maximum absolute atomic E-state index is 11.9. The number of carboxylic acids is 1. The summed E-state index contributed by atoms with van der Waals surface area (Å²) in [7, 11) is 0. The van der Waals surface area contributed by atoms with Crippen LogP contribution in [0.5, 0.6) is 0 Å². The number of aliphatic carboxylic acids is 1. The van der Waals surface area contributed by atoms with Crippen molar-refractivity contribution in [2.45, 2.75) is 42.9 Å². The van der Waals surface area contributed by atoms with Crippen molar-refractivity contribution >= 4 is 23.6 Å². The largest absolute Gasteiger partial charge is 0.480 e. The summed E-state index contributed by atoms with van der Waals surface area (Å²) >= 11 is 1.56. The Kier molecular flexibility index (Phi) is 4.17. The first-order valence-electron chi connectivity index (χ1n) is 6.43. The molecule has 102 valence electrons. The highest BCUT2D eigenvalue weighted by Gasteiger charge is 2.42. The molecular weight excluding hydrogens is 252 g/mol. The topological polar surface area (TPSA) is 83.6 Å². The van der Waals surface area contributed by atoms with Gasteiger partial charge in [-0.05, 0) is 32.1 Å². The van der Waals surface area contributed by atoms with E-state index in [1.165, 1.54) is 0 Å². The zero-order valence-corrected chi connectivity index (χ0v) is 11.2. The van der Waals surface area contributed by atoms with Crippen LogP contribution in [-0.4, -0.2) is 51.5 Å². The number of likely N-dealkylation sites (tertiary alicyclic amines) is 1. The average Bonchev–Trinajstić information content (AvgIpc) is 2.96. The number of carbonyl (C=O) groups is 2. The monoisotopic (exact) mass is 272 g/mol. The quantitative estimate of drug-likeness (QED) is 0.786. The van der Waals surface area contributed by atoms with Crippen molar-refractivity contribution in [3.63, 3.8) is 0 Å². The number of hydrogen-bond acceptors (Lipinski definition) is 4. The molecule has 2 rings (SSSR count). The molecule has 3 N–H and O–H groups in total. The summed E-state index contributed by atoms with van der Waals surface area (Å²) in [6.45, 7) is 1.75. The van der Waals surface area contributed by atoms with Gasteiger partial charge in [-0.1, -0.05) is 0 Å². The smallest absolute Gasteiger partial charge is 0.323 e. The van der Waals surface area contributed by atoms with E-state index >= 15 is 0 Å². The van der Waals surface area contributed by atoms with Crippen LogP contribution < -0.4 is 5.73 Å². The van der Waals surface area contributed by atoms with Crippen molar-refractivity contribution in [1.82, 2.24) is 4.90 Å². The SMILES string of the molecule is NC1(C(=O)O)CCC(SCC(=O)N2CCCC2)C1. The third-order valence-corrected chi connectivity index (χ3v) is 5.12. The van der Waals surface area contributed by atoms with E-state index in [0.717, 1.165) is 32.4 Å². The molecule has 2 unspecified atom stereocenters. The fraction of sp³-hybridized carbons (Fsp3) is 0.833. The summed E-state index contributed by atoms with van der Waals surface area (Å²) in [5.41, 5.74) is 4.74. The van der Waals surface area contributed by atoms with Crippen LogP contribution >= 0.6 is 11.8 Å². The highest BCUT2D eigenvalue weighted by Crippen LogP contribution is 2.35. The van der Waals surface area contributed by atoms with Gasteiger partial charge in [-0.15, -0.1) is 11.8 Å². The van der Waals surface area contributed by atoms with E-state index < -0.39 is 11.5 Å². The highest BCUT2D eigenvalue weighted by molar-refractivity contribution is 8.00. The normalized spacial score (nSPS) is 31.8. The molecule has 18 heavy (non-hydrogen) atoms. The van der Waals surface area contributed by atoms with Gasteiger partial charge in [-0.25, -0.2) is 0 Å². The summed E-state index contributed by atoms with van der Waals surface area (Å²) in [5.74, 6) is -0.279. The Morgan fingerprint density at radius 3 is 2.61 bits per heavy atom. The van der Waals surface area contributed by atoms with Crippen LogP contribution in [0.25, 0.3) is 0 Å². The van der Waals surface area contributed by atoms with Crippen LogP contribution in [0.1, 0.15) is 32.1 Å². The van der Waals surface area contributed by atoms with E-state index in [9.17, 15) is 9.59 Å². The van der Waals surface area contributed by atoms with E-state index in [0.29, 0.717) is 18.6 Å². The van der Waals surface area contributed by atoms with Crippen molar-refractivity contribution in [3.05, 3.63) is 0 Å². The number of amides is 1. The predicted molar refractivity (Wildman–Crippen MR) is 70.5 cm³/mol. The lowest BCUT2D eigenvalue weighted by atomic mass is 10.0. The predicted octanol–water partition coefficient (Wildman–Crippen LogP) is 0.677. The molecule has 0 radical (unpaired) electrons. The second-order valence-electron chi connectivity index (χ2n) is 5.22. The molecule has 5 nitrogen and oxygen atoms in total. The second-order valence-corrected chi connectivity index (χ2v) is 6.51. The molecule has 2 atom stereocenters. The first-order valence-corrected chi connectivity index (χ1v) is 7.48. The minimum absolute atomic E-state index is 0.183. The van der Waals surface area contributed by atoms with Crippen molar-refractivity contribution in [2.24, 2.45) is 5.73 Å². The summed E-state index contributed by atoms with van der Waals surface area (Å²) in [6, 6.07) is 0. The van der Waals surface area contributed by atoms with Gasteiger partial charge in [0.25, 0.3) is 0 Å². The van der Waals surface area contributed by atoms with E-state index in [1.807, 2.05) is 4.90 Å². The van der Waals surface area contributed by atoms with Gasteiger partial charge >= 0.3 is 5.97 Å².